The van der Waals surface area contributed by atoms with Gasteiger partial charge in [-0.15, -0.1) is 0 Å². The van der Waals surface area contributed by atoms with Crippen LogP contribution in [-0.2, 0) is 4.74 Å². The molecule has 10 heteroatoms. The summed E-state index contributed by atoms with van der Waals surface area (Å²) in [5, 5.41) is 5.58. The van der Waals surface area contributed by atoms with E-state index in [9.17, 15) is 18.4 Å². The van der Waals surface area contributed by atoms with Gasteiger partial charge in [-0.05, 0) is 50.8 Å². The number of carbonyl (C=O) groups is 1. The normalized spacial score (nSPS) is 20.7. The van der Waals surface area contributed by atoms with E-state index in [2.05, 4.69) is 21.9 Å². The summed E-state index contributed by atoms with van der Waals surface area (Å²) in [5.41, 5.74) is 2.33. The first-order chi connectivity index (χ1) is 17.7. The number of nitrogens with one attached hydrogen (secondary N) is 1. The van der Waals surface area contributed by atoms with Crippen molar-refractivity contribution in [2.75, 3.05) is 39.9 Å². The zero-order chi connectivity index (χ0) is 26.3. The number of ether oxygens (including phenoxy) is 1. The molecule has 1 aliphatic heterocycles. The molecule has 0 spiro atoms. The Balaban J connectivity index is 0.00000336. The fourth-order valence-electron chi connectivity index (χ4n) is 5.86. The topological polar surface area (TPSA) is 83.5 Å². The molecule has 0 unspecified atom stereocenters. The largest absolute Gasteiger partial charge is 0.385 e. The van der Waals surface area contributed by atoms with Crippen LogP contribution in [-0.4, -0.2) is 82.3 Å². The van der Waals surface area contributed by atoms with Crippen LogP contribution in [0.15, 0.2) is 23.1 Å². The van der Waals surface area contributed by atoms with Gasteiger partial charge in [0.15, 0.2) is 0 Å². The van der Waals surface area contributed by atoms with Gasteiger partial charge < -0.3 is 14.6 Å². The van der Waals surface area contributed by atoms with Crippen molar-refractivity contribution in [3.05, 3.63) is 39.8 Å². The summed E-state index contributed by atoms with van der Waals surface area (Å²) < 4.78 is 34.5. The number of hydrogen-bond donors (Lipinski definition) is 1. The monoisotopic (exact) mass is 531 g/mol. The number of amides is 1. The number of rotatable bonds is 6. The highest BCUT2D eigenvalue weighted by Gasteiger charge is 2.36. The summed E-state index contributed by atoms with van der Waals surface area (Å²) in [5.74, 6) is -2.69. The molecule has 2 aromatic heterocycles. The second-order valence-corrected chi connectivity index (χ2v) is 10.6. The Bertz CT molecular complexity index is 1360. The number of nitrogens with zero attached hydrogens (tertiary/aromatic N) is 4. The average molecular weight is 532 g/mol. The molecule has 1 amide bonds. The number of aryl methyl sites for hydroxylation is 1. The molecule has 38 heavy (non-hydrogen) atoms. The number of H-pyrrole nitrogens is 1. The molecule has 2 fully saturated rings. The number of aromatic nitrogens is 3. The summed E-state index contributed by atoms with van der Waals surface area (Å²) in [4.78, 5) is 33.7. The standard InChI is InChI=1S/C27H35F2N5O3.CH4/c1-17-13-23-21(14-20(17)26(36)33-11-10-32(18(2)16-33)9-4-12-37-3)24-22(25(35)31-23)15-30-34(24)19-5-7-27(28,29)8-6-19;/h13-15,18-19H,4-12,16H2,1-3H3,(H,31,35);1H4/t18-;/m1./s1. The third kappa shape index (κ3) is 5.33. The number of benzene rings is 1. The van der Waals surface area contributed by atoms with Crippen molar-refractivity contribution in [3.8, 4) is 0 Å². The Hall–Kier alpha value is -2.85. The Morgan fingerprint density at radius 1 is 1.21 bits per heavy atom. The molecular weight excluding hydrogens is 492 g/mol. The average Bonchev–Trinajstić information content (AvgIpc) is 3.30. The van der Waals surface area contributed by atoms with Crippen LogP contribution in [0, 0.1) is 6.92 Å². The highest BCUT2D eigenvalue weighted by molar-refractivity contribution is 6.07. The Morgan fingerprint density at radius 2 is 1.95 bits per heavy atom. The third-order valence-electron chi connectivity index (χ3n) is 8.02. The quantitative estimate of drug-likeness (QED) is 0.464. The number of pyridine rings is 1. The molecule has 5 rings (SSSR count). The highest BCUT2D eigenvalue weighted by Crippen LogP contribution is 2.40. The predicted molar refractivity (Wildman–Crippen MR) is 145 cm³/mol. The van der Waals surface area contributed by atoms with Gasteiger partial charge in [-0.2, -0.15) is 5.10 Å². The molecule has 8 nitrogen and oxygen atoms in total. The summed E-state index contributed by atoms with van der Waals surface area (Å²) in [6.45, 7) is 7.76. The molecule has 0 radical (unpaired) electrons. The van der Waals surface area contributed by atoms with E-state index in [-0.39, 0.29) is 43.8 Å². The van der Waals surface area contributed by atoms with Crippen molar-refractivity contribution in [1.29, 1.82) is 0 Å². The highest BCUT2D eigenvalue weighted by atomic mass is 19.3. The van der Waals surface area contributed by atoms with Crippen molar-refractivity contribution < 1.29 is 18.3 Å². The van der Waals surface area contributed by atoms with Gasteiger partial charge in [-0.25, -0.2) is 8.78 Å². The molecule has 0 bridgehead atoms. The first-order valence-electron chi connectivity index (χ1n) is 13.1. The lowest BCUT2D eigenvalue weighted by Crippen LogP contribution is -2.53. The van der Waals surface area contributed by atoms with E-state index in [0.29, 0.717) is 53.3 Å². The van der Waals surface area contributed by atoms with Crippen LogP contribution in [0.5, 0.6) is 0 Å². The SMILES string of the molecule is C.COCCCN1CCN(C(=O)c2cc3c(cc2C)[nH]c(=O)c2cnn(C4CCC(F)(F)CC4)c23)C[C@H]1C. The zero-order valence-corrected chi connectivity index (χ0v) is 21.7. The minimum atomic E-state index is -2.65. The molecule has 1 N–H and O–H groups in total. The molecule has 1 atom stereocenters. The van der Waals surface area contributed by atoms with E-state index < -0.39 is 5.92 Å². The summed E-state index contributed by atoms with van der Waals surface area (Å²) >= 11 is 0. The van der Waals surface area contributed by atoms with Gasteiger partial charge in [0.2, 0.25) is 5.92 Å². The van der Waals surface area contributed by atoms with Gasteiger partial charge in [0.1, 0.15) is 0 Å². The summed E-state index contributed by atoms with van der Waals surface area (Å²) in [7, 11) is 1.70. The van der Waals surface area contributed by atoms with E-state index in [1.165, 1.54) is 6.20 Å². The number of hydrogen-bond acceptors (Lipinski definition) is 5. The van der Waals surface area contributed by atoms with Crippen LogP contribution in [0.4, 0.5) is 8.78 Å². The van der Waals surface area contributed by atoms with E-state index in [0.717, 1.165) is 31.7 Å². The van der Waals surface area contributed by atoms with Gasteiger partial charge in [0.05, 0.1) is 28.7 Å². The molecule has 3 aromatic rings. The lowest BCUT2D eigenvalue weighted by atomic mass is 9.92. The van der Waals surface area contributed by atoms with Crippen LogP contribution < -0.4 is 5.56 Å². The summed E-state index contributed by atoms with van der Waals surface area (Å²) in [6, 6.07) is 3.70. The van der Waals surface area contributed by atoms with Gasteiger partial charge in [0.25, 0.3) is 11.5 Å². The number of alkyl halides is 2. The molecule has 2 aliphatic rings. The molecule has 1 aromatic carbocycles. The Labute approximate surface area is 221 Å². The molecule has 208 valence electrons. The van der Waals surface area contributed by atoms with Gasteiger partial charge in [-0.3, -0.25) is 19.2 Å². The van der Waals surface area contributed by atoms with Crippen molar-refractivity contribution in [2.24, 2.45) is 0 Å². The maximum absolute atomic E-state index is 13.8. The van der Waals surface area contributed by atoms with E-state index in [1.807, 2.05) is 24.0 Å². The second-order valence-electron chi connectivity index (χ2n) is 10.6. The minimum absolute atomic E-state index is 0. The van der Waals surface area contributed by atoms with Gasteiger partial charge in [-0.1, -0.05) is 7.43 Å². The first-order valence-corrected chi connectivity index (χ1v) is 13.1. The molecular formula is C28H39F2N5O3. The first kappa shape index (κ1) is 28.2. The van der Waals surface area contributed by atoms with Crippen molar-refractivity contribution in [2.45, 2.75) is 71.4 Å². The van der Waals surface area contributed by atoms with Crippen LogP contribution in [0.25, 0.3) is 21.8 Å². The second kappa shape index (κ2) is 11.1. The van der Waals surface area contributed by atoms with E-state index in [1.54, 1.807) is 11.8 Å². The predicted octanol–water partition coefficient (Wildman–Crippen LogP) is 4.76. The maximum Gasteiger partial charge on any atom is 0.259 e. The summed E-state index contributed by atoms with van der Waals surface area (Å²) in [6.07, 6.45) is 2.66. The number of halogens is 2. The minimum Gasteiger partial charge on any atom is -0.385 e. The Kier molecular flexibility index (Phi) is 8.23. The van der Waals surface area contributed by atoms with Gasteiger partial charge >= 0.3 is 0 Å². The Morgan fingerprint density at radius 3 is 2.63 bits per heavy atom. The van der Waals surface area contributed by atoms with Gasteiger partial charge in [0, 0.05) is 69.7 Å². The molecule has 1 saturated heterocycles. The lowest BCUT2D eigenvalue weighted by Gasteiger charge is -2.40. The fraction of sp³-hybridized carbons (Fsp3) is 0.607. The van der Waals surface area contributed by atoms with Crippen molar-refractivity contribution >= 4 is 27.7 Å². The smallest absolute Gasteiger partial charge is 0.259 e. The van der Waals surface area contributed by atoms with Crippen LogP contribution in [0.3, 0.4) is 0 Å². The maximum atomic E-state index is 13.8. The number of aromatic amines is 1. The van der Waals surface area contributed by atoms with Crippen molar-refractivity contribution in [3.63, 3.8) is 0 Å². The number of fused-ring (bicyclic) bond motifs is 3. The van der Waals surface area contributed by atoms with Crippen molar-refractivity contribution in [1.82, 2.24) is 24.6 Å². The number of methoxy groups -OCH3 is 1. The lowest BCUT2D eigenvalue weighted by molar-refractivity contribution is -0.0445. The number of piperazine rings is 1. The number of carbonyl (C=O) groups excluding carboxylic acids is 1. The molecule has 1 saturated carbocycles. The molecule has 1 aliphatic carbocycles. The third-order valence-corrected chi connectivity index (χ3v) is 8.02. The van der Waals surface area contributed by atoms with Crippen LogP contribution in [0.1, 0.15) is 68.4 Å². The van der Waals surface area contributed by atoms with E-state index >= 15 is 0 Å². The fourth-order valence-corrected chi connectivity index (χ4v) is 5.86. The molecule has 3 heterocycles. The van der Waals surface area contributed by atoms with E-state index in [4.69, 9.17) is 4.74 Å². The van der Waals surface area contributed by atoms with Crippen LogP contribution in [0.2, 0.25) is 0 Å². The zero-order valence-electron chi connectivity index (χ0n) is 21.7. The van der Waals surface area contributed by atoms with Crippen LogP contribution >= 0.6 is 0 Å².